The standard InChI is InChI=1S/C11H17BrN2/c1-3-8(2)11(14-13)9-4-6-10(12)7-5-9/h4-8,11,14H,3,13H2,1-2H3. The van der Waals surface area contributed by atoms with Gasteiger partial charge in [0.15, 0.2) is 0 Å². The minimum absolute atomic E-state index is 0.244. The van der Waals surface area contributed by atoms with Crippen LogP contribution in [0, 0.1) is 5.92 Å². The summed E-state index contributed by atoms with van der Waals surface area (Å²) in [6.45, 7) is 4.38. The van der Waals surface area contributed by atoms with Crippen molar-refractivity contribution in [2.75, 3.05) is 0 Å². The molecule has 3 heteroatoms. The van der Waals surface area contributed by atoms with Gasteiger partial charge >= 0.3 is 0 Å². The topological polar surface area (TPSA) is 38.0 Å². The fourth-order valence-electron chi connectivity index (χ4n) is 1.49. The summed E-state index contributed by atoms with van der Waals surface area (Å²) in [4.78, 5) is 0. The molecule has 1 aromatic carbocycles. The third-order valence-corrected chi connectivity index (χ3v) is 3.15. The molecule has 2 atom stereocenters. The van der Waals surface area contributed by atoms with Gasteiger partial charge in [0.1, 0.15) is 0 Å². The number of hydrogen-bond acceptors (Lipinski definition) is 2. The van der Waals surface area contributed by atoms with Crippen LogP contribution in [-0.4, -0.2) is 0 Å². The first-order valence-electron chi connectivity index (χ1n) is 4.90. The molecular weight excluding hydrogens is 240 g/mol. The predicted octanol–water partition coefficient (Wildman–Crippen LogP) is 3.00. The first-order chi connectivity index (χ1) is 6.69. The van der Waals surface area contributed by atoms with Gasteiger partial charge in [-0.2, -0.15) is 0 Å². The van der Waals surface area contributed by atoms with E-state index in [9.17, 15) is 0 Å². The van der Waals surface area contributed by atoms with Crippen LogP contribution in [0.1, 0.15) is 31.9 Å². The van der Waals surface area contributed by atoms with Gasteiger partial charge in [0.25, 0.3) is 0 Å². The summed E-state index contributed by atoms with van der Waals surface area (Å²) < 4.78 is 1.10. The molecule has 0 aliphatic rings. The largest absolute Gasteiger partial charge is 0.271 e. The Hall–Kier alpha value is -0.380. The molecule has 14 heavy (non-hydrogen) atoms. The van der Waals surface area contributed by atoms with Crippen LogP contribution < -0.4 is 11.3 Å². The van der Waals surface area contributed by atoms with Crippen molar-refractivity contribution < 1.29 is 0 Å². The second-order valence-electron chi connectivity index (χ2n) is 3.58. The Labute approximate surface area is 94.0 Å². The van der Waals surface area contributed by atoms with E-state index in [1.165, 1.54) is 5.56 Å². The highest BCUT2D eigenvalue weighted by Gasteiger charge is 2.15. The maximum absolute atomic E-state index is 5.56. The van der Waals surface area contributed by atoms with Gasteiger partial charge in [-0.3, -0.25) is 11.3 Å². The molecule has 2 nitrogen and oxygen atoms in total. The van der Waals surface area contributed by atoms with E-state index in [0.717, 1.165) is 10.9 Å². The van der Waals surface area contributed by atoms with Gasteiger partial charge in [0.05, 0.1) is 0 Å². The van der Waals surface area contributed by atoms with E-state index in [1.54, 1.807) is 0 Å². The van der Waals surface area contributed by atoms with Crippen LogP contribution in [0.4, 0.5) is 0 Å². The third-order valence-electron chi connectivity index (χ3n) is 2.62. The summed E-state index contributed by atoms with van der Waals surface area (Å²) in [6, 6.07) is 8.53. The average Bonchev–Trinajstić information content (AvgIpc) is 2.21. The Morgan fingerprint density at radius 3 is 2.36 bits per heavy atom. The molecule has 1 aromatic rings. The van der Waals surface area contributed by atoms with Crippen molar-refractivity contribution in [3.8, 4) is 0 Å². The first-order valence-corrected chi connectivity index (χ1v) is 5.70. The summed E-state index contributed by atoms with van der Waals surface area (Å²) in [5.41, 5.74) is 4.11. The van der Waals surface area contributed by atoms with Gasteiger partial charge in [-0.05, 0) is 23.6 Å². The summed E-state index contributed by atoms with van der Waals surface area (Å²) in [6.07, 6.45) is 1.12. The lowest BCUT2D eigenvalue weighted by Crippen LogP contribution is -2.32. The minimum Gasteiger partial charge on any atom is -0.271 e. The van der Waals surface area contributed by atoms with Crippen molar-refractivity contribution in [1.29, 1.82) is 0 Å². The van der Waals surface area contributed by atoms with Crippen LogP contribution in [0.3, 0.4) is 0 Å². The van der Waals surface area contributed by atoms with Gasteiger partial charge in [0, 0.05) is 10.5 Å². The van der Waals surface area contributed by atoms with E-state index < -0.39 is 0 Å². The predicted molar refractivity (Wildman–Crippen MR) is 63.7 cm³/mol. The molecular formula is C11H17BrN2. The van der Waals surface area contributed by atoms with E-state index in [1.807, 2.05) is 12.1 Å². The molecule has 0 aromatic heterocycles. The molecule has 0 aliphatic heterocycles. The van der Waals surface area contributed by atoms with Crippen molar-refractivity contribution in [1.82, 2.24) is 5.43 Å². The molecule has 0 aliphatic carbocycles. The number of nitrogens with two attached hydrogens (primary N) is 1. The molecule has 0 bridgehead atoms. The zero-order chi connectivity index (χ0) is 10.6. The van der Waals surface area contributed by atoms with Gasteiger partial charge in [-0.25, -0.2) is 0 Å². The van der Waals surface area contributed by atoms with Gasteiger partial charge < -0.3 is 0 Å². The highest BCUT2D eigenvalue weighted by Crippen LogP contribution is 2.24. The number of benzene rings is 1. The Balaban J connectivity index is 2.84. The Morgan fingerprint density at radius 2 is 1.93 bits per heavy atom. The van der Waals surface area contributed by atoms with E-state index >= 15 is 0 Å². The second-order valence-corrected chi connectivity index (χ2v) is 4.50. The highest BCUT2D eigenvalue weighted by molar-refractivity contribution is 9.10. The highest BCUT2D eigenvalue weighted by atomic mass is 79.9. The Bertz CT molecular complexity index is 271. The van der Waals surface area contributed by atoms with Crippen LogP contribution >= 0.6 is 15.9 Å². The van der Waals surface area contributed by atoms with Crippen LogP contribution in [0.25, 0.3) is 0 Å². The lowest BCUT2D eigenvalue weighted by Gasteiger charge is -2.22. The maximum atomic E-state index is 5.56. The summed E-state index contributed by atoms with van der Waals surface area (Å²) in [7, 11) is 0. The molecule has 0 saturated carbocycles. The quantitative estimate of drug-likeness (QED) is 0.642. The molecule has 0 amide bonds. The monoisotopic (exact) mass is 256 g/mol. The van der Waals surface area contributed by atoms with Crippen molar-refractivity contribution in [2.24, 2.45) is 11.8 Å². The SMILES string of the molecule is CCC(C)C(NN)c1ccc(Br)cc1. The molecule has 0 fully saturated rings. The maximum Gasteiger partial charge on any atom is 0.0485 e. The summed E-state index contributed by atoms with van der Waals surface area (Å²) in [5.74, 6) is 6.10. The Kier molecular flexibility index (Phi) is 4.58. The van der Waals surface area contributed by atoms with Gasteiger partial charge in [-0.15, -0.1) is 0 Å². The number of rotatable bonds is 4. The Morgan fingerprint density at radius 1 is 1.36 bits per heavy atom. The van der Waals surface area contributed by atoms with Crippen molar-refractivity contribution in [3.05, 3.63) is 34.3 Å². The van der Waals surface area contributed by atoms with Crippen LogP contribution in [0.15, 0.2) is 28.7 Å². The van der Waals surface area contributed by atoms with Crippen LogP contribution in [-0.2, 0) is 0 Å². The zero-order valence-electron chi connectivity index (χ0n) is 8.63. The number of nitrogens with one attached hydrogen (secondary N) is 1. The van der Waals surface area contributed by atoms with Gasteiger partial charge in [-0.1, -0.05) is 48.3 Å². The van der Waals surface area contributed by atoms with Crippen molar-refractivity contribution >= 4 is 15.9 Å². The van der Waals surface area contributed by atoms with Gasteiger partial charge in [0.2, 0.25) is 0 Å². The molecule has 0 saturated heterocycles. The van der Waals surface area contributed by atoms with Crippen molar-refractivity contribution in [2.45, 2.75) is 26.3 Å². The smallest absolute Gasteiger partial charge is 0.0485 e. The molecule has 1 rings (SSSR count). The number of halogens is 1. The lowest BCUT2D eigenvalue weighted by molar-refractivity contribution is 0.383. The third kappa shape index (κ3) is 2.80. The molecule has 3 N–H and O–H groups in total. The molecule has 0 heterocycles. The zero-order valence-corrected chi connectivity index (χ0v) is 10.2. The fraction of sp³-hybridized carbons (Fsp3) is 0.455. The first kappa shape index (κ1) is 11.7. The number of hydrazine groups is 1. The normalized spacial score (nSPS) is 15.1. The van der Waals surface area contributed by atoms with E-state index in [0.29, 0.717) is 5.92 Å². The number of hydrogen-bond donors (Lipinski definition) is 2. The average molecular weight is 257 g/mol. The van der Waals surface area contributed by atoms with E-state index in [2.05, 4.69) is 47.3 Å². The molecule has 0 radical (unpaired) electrons. The van der Waals surface area contributed by atoms with Crippen molar-refractivity contribution in [3.63, 3.8) is 0 Å². The molecule has 0 spiro atoms. The second kappa shape index (κ2) is 5.49. The van der Waals surface area contributed by atoms with E-state index in [4.69, 9.17) is 5.84 Å². The van der Waals surface area contributed by atoms with E-state index in [-0.39, 0.29) is 6.04 Å². The lowest BCUT2D eigenvalue weighted by atomic mass is 9.93. The summed E-state index contributed by atoms with van der Waals surface area (Å²) >= 11 is 3.42. The molecule has 2 unspecified atom stereocenters. The van der Waals surface area contributed by atoms with Crippen LogP contribution in [0.2, 0.25) is 0 Å². The fourth-order valence-corrected chi connectivity index (χ4v) is 1.76. The van der Waals surface area contributed by atoms with Crippen LogP contribution in [0.5, 0.6) is 0 Å². The molecule has 78 valence electrons. The minimum atomic E-state index is 0.244. The summed E-state index contributed by atoms with van der Waals surface area (Å²) in [5, 5.41) is 0.